The summed E-state index contributed by atoms with van der Waals surface area (Å²) < 4.78 is 24.3. The van der Waals surface area contributed by atoms with Gasteiger partial charge in [0.05, 0.1) is 16.3 Å². The molecular weight excluding hydrogens is 260 g/mol. The van der Waals surface area contributed by atoms with Gasteiger partial charge in [0.2, 0.25) is 0 Å². The summed E-state index contributed by atoms with van der Waals surface area (Å²) in [6.07, 6.45) is 1.84. The quantitative estimate of drug-likeness (QED) is 0.793. The van der Waals surface area contributed by atoms with Crippen LogP contribution in [0.5, 0.6) is 0 Å². The van der Waals surface area contributed by atoms with Crippen LogP contribution in [0.2, 0.25) is 0 Å². The molecule has 0 unspecified atom stereocenters. The van der Waals surface area contributed by atoms with Crippen molar-refractivity contribution in [3.8, 4) is 0 Å². The summed E-state index contributed by atoms with van der Waals surface area (Å²) in [4.78, 5) is 2.55. The number of nitrogens with zero attached hydrogens (tertiary/aromatic N) is 1. The van der Waals surface area contributed by atoms with Gasteiger partial charge < -0.3 is 10.6 Å². The Morgan fingerprint density at radius 1 is 1.16 bits per heavy atom. The predicted molar refractivity (Wildman–Crippen MR) is 80.3 cm³/mol. The summed E-state index contributed by atoms with van der Waals surface area (Å²) in [7, 11) is -3.19. The Labute approximate surface area is 116 Å². The molecule has 0 radical (unpaired) electrons. The molecule has 0 aromatic heterocycles. The largest absolute Gasteiger partial charge is 0.370 e. The number of hydrogen-bond donors (Lipinski definition) is 1. The minimum atomic E-state index is -3.19. The van der Waals surface area contributed by atoms with E-state index in [0.29, 0.717) is 11.4 Å². The van der Waals surface area contributed by atoms with Crippen LogP contribution in [0.15, 0.2) is 29.2 Å². The van der Waals surface area contributed by atoms with Gasteiger partial charge in [-0.15, -0.1) is 0 Å². The first-order valence-corrected chi connectivity index (χ1v) is 8.48. The van der Waals surface area contributed by atoms with E-state index in [-0.39, 0.29) is 5.75 Å². The van der Waals surface area contributed by atoms with Gasteiger partial charge in [0.15, 0.2) is 9.84 Å². The van der Waals surface area contributed by atoms with Crippen LogP contribution in [-0.4, -0.2) is 33.8 Å². The van der Waals surface area contributed by atoms with Crippen LogP contribution in [0, 0.1) is 0 Å². The molecule has 2 N–H and O–H groups in total. The molecule has 0 fully saturated rings. The molecule has 0 aliphatic carbocycles. The lowest BCUT2D eigenvalue weighted by atomic mass is 10.2. The molecule has 108 valence electrons. The molecule has 1 aromatic rings. The average molecular weight is 284 g/mol. The van der Waals surface area contributed by atoms with Crippen LogP contribution in [0.1, 0.15) is 26.7 Å². The highest BCUT2D eigenvalue weighted by Crippen LogP contribution is 2.26. The SMILES string of the molecule is CCCN(CCCN)c1ccccc1S(=O)(=O)CC. The third kappa shape index (κ3) is 4.21. The fraction of sp³-hybridized carbons (Fsp3) is 0.571. The smallest absolute Gasteiger partial charge is 0.180 e. The molecule has 0 amide bonds. The highest BCUT2D eigenvalue weighted by Gasteiger charge is 2.19. The molecule has 0 heterocycles. The zero-order chi connectivity index (χ0) is 14.3. The first kappa shape index (κ1) is 16.0. The van der Waals surface area contributed by atoms with Gasteiger partial charge in [-0.05, 0) is 31.5 Å². The molecule has 1 aromatic carbocycles. The Morgan fingerprint density at radius 3 is 2.42 bits per heavy atom. The van der Waals surface area contributed by atoms with Crippen molar-refractivity contribution >= 4 is 15.5 Å². The molecule has 5 heteroatoms. The molecule has 0 spiro atoms. The normalized spacial score (nSPS) is 11.5. The van der Waals surface area contributed by atoms with Gasteiger partial charge in [0.1, 0.15) is 0 Å². The van der Waals surface area contributed by atoms with Crippen LogP contribution in [0.25, 0.3) is 0 Å². The van der Waals surface area contributed by atoms with Gasteiger partial charge in [-0.1, -0.05) is 26.0 Å². The van der Waals surface area contributed by atoms with Crippen molar-refractivity contribution in [1.29, 1.82) is 0 Å². The molecule has 0 bridgehead atoms. The van der Waals surface area contributed by atoms with Gasteiger partial charge in [0, 0.05) is 13.1 Å². The van der Waals surface area contributed by atoms with E-state index in [4.69, 9.17) is 5.73 Å². The van der Waals surface area contributed by atoms with Gasteiger partial charge >= 0.3 is 0 Å². The van der Waals surface area contributed by atoms with E-state index in [1.165, 1.54) is 0 Å². The number of sulfone groups is 1. The van der Waals surface area contributed by atoms with E-state index in [0.717, 1.165) is 31.6 Å². The summed E-state index contributed by atoms with van der Waals surface area (Å²) in [5.74, 6) is 0.126. The Morgan fingerprint density at radius 2 is 1.84 bits per heavy atom. The second-order valence-electron chi connectivity index (χ2n) is 4.50. The van der Waals surface area contributed by atoms with Crippen molar-refractivity contribution in [3.63, 3.8) is 0 Å². The minimum absolute atomic E-state index is 0.126. The number of rotatable bonds is 8. The highest BCUT2D eigenvalue weighted by atomic mass is 32.2. The van der Waals surface area contributed by atoms with Gasteiger partial charge in [0.25, 0.3) is 0 Å². The van der Waals surface area contributed by atoms with E-state index >= 15 is 0 Å². The van der Waals surface area contributed by atoms with E-state index in [9.17, 15) is 8.42 Å². The maximum Gasteiger partial charge on any atom is 0.180 e. The Hall–Kier alpha value is -1.07. The zero-order valence-corrected chi connectivity index (χ0v) is 12.6. The van der Waals surface area contributed by atoms with Crippen molar-refractivity contribution in [2.75, 3.05) is 30.3 Å². The van der Waals surface area contributed by atoms with Crippen molar-refractivity contribution in [2.45, 2.75) is 31.6 Å². The van der Waals surface area contributed by atoms with Crippen molar-refractivity contribution in [3.05, 3.63) is 24.3 Å². The molecular formula is C14H24N2O2S. The molecule has 0 saturated heterocycles. The Bertz CT molecular complexity index is 486. The number of hydrogen-bond acceptors (Lipinski definition) is 4. The molecule has 0 aliphatic rings. The molecule has 1 rings (SSSR count). The van der Waals surface area contributed by atoms with E-state index in [1.54, 1.807) is 19.1 Å². The maximum absolute atomic E-state index is 12.2. The average Bonchev–Trinajstić information content (AvgIpc) is 2.43. The summed E-state index contributed by atoms with van der Waals surface area (Å²) in [6.45, 7) is 6.02. The van der Waals surface area contributed by atoms with Crippen LogP contribution < -0.4 is 10.6 Å². The topological polar surface area (TPSA) is 63.4 Å². The number of anilines is 1. The third-order valence-corrected chi connectivity index (χ3v) is 4.82. The summed E-state index contributed by atoms with van der Waals surface area (Å²) in [6, 6.07) is 7.24. The lowest BCUT2D eigenvalue weighted by Gasteiger charge is -2.26. The lowest BCUT2D eigenvalue weighted by Crippen LogP contribution is -2.28. The molecule has 0 aliphatic heterocycles. The van der Waals surface area contributed by atoms with Gasteiger partial charge in [-0.25, -0.2) is 8.42 Å². The maximum atomic E-state index is 12.2. The number of nitrogens with two attached hydrogens (primary N) is 1. The van der Waals surface area contributed by atoms with Crippen LogP contribution in [0.3, 0.4) is 0 Å². The monoisotopic (exact) mass is 284 g/mol. The van der Waals surface area contributed by atoms with Gasteiger partial charge in [-0.2, -0.15) is 0 Å². The molecule has 4 nitrogen and oxygen atoms in total. The van der Waals surface area contributed by atoms with Crippen LogP contribution in [0.4, 0.5) is 5.69 Å². The van der Waals surface area contributed by atoms with Gasteiger partial charge in [-0.3, -0.25) is 0 Å². The number of para-hydroxylation sites is 1. The van der Waals surface area contributed by atoms with Crippen molar-refractivity contribution < 1.29 is 8.42 Å². The second-order valence-corrected chi connectivity index (χ2v) is 6.75. The molecule has 19 heavy (non-hydrogen) atoms. The Kier molecular flexibility index (Phi) is 6.31. The lowest BCUT2D eigenvalue weighted by molar-refractivity contribution is 0.596. The summed E-state index contributed by atoms with van der Waals surface area (Å²) in [5, 5.41) is 0. The first-order valence-electron chi connectivity index (χ1n) is 6.83. The van der Waals surface area contributed by atoms with Crippen LogP contribution in [-0.2, 0) is 9.84 Å². The third-order valence-electron chi connectivity index (χ3n) is 3.05. The zero-order valence-electron chi connectivity index (χ0n) is 11.8. The molecule has 0 atom stereocenters. The number of benzene rings is 1. The minimum Gasteiger partial charge on any atom is -0.370 e. The fourth-order valence-corrected chi connectivity index (χ4v) is 3.15. The standard InChI is InChI=1S/C14H24N2O2S/c1-3-11-16(12-7-10-15)13-8-5-6-9-14(13)19(17,18)4-2/h5-6,8-9H,3-4,7,10-12,15H2,1-2H3. The predicted octanol–water partition coefficient (Wildman–Crippen LogP) is 2.05. The van der Waals surface area contributed by atoms with E-state index in [2.05, 4.69) is 11.8 Å². The van der Waals surface area contributed by atoms with E-state index < -0.39 is 9.84 Å². The van der Waals surface area contributed by atoms with E-state index in [1.807, 2.05) is 12.1 Å². The first-order chi connectivity index (χ1) is 9.06. The van der Waals surface area contributed by atoms with Crippen LogP contribution >= 0.6 is 0 Å². The van der Waals surface area contributed by atoms with Crippen molar-refractivity contribution in [2.24, 2.45) is 5.73 Å². The fourth-order valence-electron chi connectivity index (χ4n) is 2.04. The Balaban J connectivity index is 3.15. The molecule has 0 saturated carbocycles. The highest BCUT2D eigenvalue weighted by molar-refractivity contribution is 7.91. The second kappa shape index (κ2) is 7.50. The summed E-state index contributed by atoms with van der Waals surface area (Å²) >= 11 is 0. The van der Waals surface area contributed by atoms with Crippen molar-refractivity contribution in [1.82, 2.24) is 0 Å². The summed E-state index contributed by atoms with van der Waals surface area (Å²) in [5.41, 5.74) is 6.36.